The minimum Gasteiger partial charge on any atom is -0.334 e. The van der Waals surface area contributed by atoms with E-state index < -0.39 is 0 Å². The van der Waals surface area contributed by atoms with E-state index in [0.717, 1.165) is 25.6 Å². The van der Waals surface area contributed by atoms with Crippen molar-refractivity contribution in [3.8, 4) is 11.1 Å². The first-order chi connectivity index (χ1) is 10.8. The maximum absolute atomic E-state index is 13.2. The van der Waals surface area contributed by atoms with Gasteiger partial charge in [-0.05, 0) is 63.1 Å². The standard InChI is InChI=1S/C19H21Br2NO/c1-12(2)22(13(3)4)19(23)18-11-16(21)8-9-17(18)14-6-5-7-15(20)10-14/h5-13H,1-4H3. The van der Waals surface area contributed by atoms with Gasteiger partial charge in [-0.25, -0.2) is 0 Å². The molecule has 122 valence electrons. The molecule has 2 aromatic rings. The quantitative estimate of drug-likeness (QED) is 0.561. The van der Waals surface area contributed by atoms with Gasteiger partial charge in [0.15, 0.2) is 0 Å². The lowest BCUT2D eigenvalue weighted by Gasteiger charge is -2.31. The Labute approximate surface area is 155 Å². The van der Waals surface area contributed by atoms with Gasteiger partial charge in [-0.3, -0.25) is 4.79 Å². The normalized spacial score (nSPS) is 11.1. The van der Waals surface area contributed by atoms with Gasteiger partial charge in [0.2, 0.25) is 0 Å². The maximum Gasteiger partial charge on any atom is 0.254 e. The van der Waals surface area contributed by atoms with E-state index in [2.05, 4.69) is 59.6 Å². The van der Waals surface area contributed by atoms with Gasteiger partial charge >= 0.3 is 0 Å². The van der Waals surface area contributed by atoms with Crippen molar-refractivity contribution < 1.29 is 4.79 Å². The van der Waals surface area contributed by atoms with Crippen LogP contribution in [0.15, 0.2) is 51.4 Å². The lowest BCUT2D eigenvalue weighted by molar-refractivity contribution is 0.0644. The predicted molar refractivity (Wildman–Crippen MR) is 104 cm³/mol. The number of carbonyl (C=O) groups excluding carboxylic acids is 1. The van der Waals surface area contributed by atoms with E-state index in [0.29, 0.717) is 0 Å². The Morgan fingerprint density at radius 3 is 2.09 bits per heavy atom. The molecule has 0 aliphatic carbocycles. The number of carbonyl (C=O) groups is 1. The molecule has 0 spiro atoms. The van der Waals surface area contributed by atoms with E-state index in [4.69, 9.17) is 0 Å². The van der Waals surface area contributed by atoms with Crippen molar-refractivity contribution in [3.05, 3.63) is 57.0 Å². The summed E-state index contributed by atoms with van der Waals surface area (Å²) in [4.78, 5) is 15.1. The molecule has 0 atom stereocenters. The smallest absolute Gasteiger partial charge is 0.254 e. The van der Waals surface area contributed by atoms with Crippen molar-refractivity contribution in [2.75, 3.05) is 0 Å². The molecule has 2 rings (SSSR count). The Morgan fingerprint density at radius 2 is 1.52 bits per heavy atom. The molecule has 2 aromatic carbocycles. The van der Waals surface area contributed by atoms with Crippen LogP contribution >= 0.6 is 31.9 Å². The van der Waals surface area contributed by atoms with Crippen LogP contribution in [0.2, 0.25) is 0 Å². The maximum atomic E-state index is 13.2. The highest BCUT2D eigenvalue weighted by Crippen LogP contribution is 2.30. The summed E-state index contributed by atoms with van der Waals surface area (Å²) in [6.45, 7) is 8.20. The molecule has 0 aliphatic rings. The highest BCUT2D eigenvalue weighted by molar-refractivity contribution is 9.10. The minimum atomic E-state index is 0.0614. The fourth-order valence-electron chi connectivity index (χ4n) is 2.81. The van der Waals surface area contributed by atoms with Crippen LogP contribution in [0.4, 0.5) is 0 Å². The van der Waals surface area contributed by atoms with Gasteiger partial charge in [-0.15, -0.1) is 0 Å². The Hall–Kier alpha value is -1.13. The molecule has 0 N–H and O–H groups in total. The summed E-state index contributed by atoms with van der Waals surface area (Å²) < 4.78 is 1.91. The topological polar surface area (TPSA) is 20.3 Å². The monoisotopic (exact) mass is 437 g/mol. The van der Waals surface area contributed by atoms with Crippen molar-refractivity contribution in [2.24, 2.45) is 0 Å². The summed E-state index contributed by atoms with van der Waals surface area (Å²) in [5, 5.41) is 0. The third-order valence-electron chi connectivity index (χ3n) is 3.69. The van der Waals surface area contributed by atoms with Crippen LogP contribution in [0.3, 0.4) is 0 Å². The SMILES string of the molecule is CC(C)N(C(=O)c1cc(Br)ccc1-c1cccc(Br)c1)C(C)C. The van der Waals surface area contributed by atoms with Gasteiger partial charge in [0.05, 0.1) is 0 Å². The summed E-state index contributed by atoms with van der Waals surface area (Å²) in [7, 11) is 0. The minimum absolute atomic E-state index is 0.0614. The molecule has 23 heavy (non-hydrogen) atoms. The summed E-state index contributed by atoms with van der Waals surface area (Å²) in [6.07, 6.45) is 0. The second-order valence-corrected chi connectivity index (χ2v) is 7.93. The van der Waals surface area contributed by atoms with Crippen molar-refractivity contribution in [3.63, 3.8) is 0 Å². The number of hydrogen-bond donors (Lipinski definition) is 0. The van der Waals surface area contributed by atoms with Crippen LogP contribution in [-0.4, -0.2) is 22.9 Å². The zero-order valence-corrected chi connectivity index (χ0v) is 17.0. The van der Waals surface area contributed by atoms with Crippen LogP contribution in [-0.2, 0) is 0 Å². The first-order valence-corrected chi connectivity index (χ1v) is 9.28. The molecule has 0 bridgehead atoms. The average molecular weight is 439 g/mol. The molecule has 0 unspecified atom stereocenters. The molecule has 0 heterocycles. The highest BCUT2D eigenvalue weighted by Gasteiger charge is 2.24. The number of rotatable bonds is 4. The zero-order chi connectivity index (χ0) is 17.1. The predicted octanol–water partition coefficient (Wildman–Crippen LogP) is 6.14. The van der Waals surface area contributed by atoms with Gasteiger partial charge in [0, 0.05) is 26.6 Å². The second kappa shape index (κ2) is 7.63. The molecule has 0 aromatic heterocycles. The van der Waals surface area contributed by atoms with Crippen LogP contribution in [0.25, 0.3) is 11.1 Å². The lowest BCUT2D eigenvalue weighted by atomic mass is 9.98. The molecule has 1 amide bonds. The molecule has 0 radical (unpaired) electrons. The van der Waals surface area contributed by atoms with E-state index in [1.807, 2.05) is 47.4 Å². The summed E-state index contributed by atoms with van der Waals surface area (Å²) in [6, 6.07) is 14.2. The molecule has 0 saturated heterocycles. The fourth-order valence-corrected chi connectivity index (χ4v) is 3.57. The molecular weight excluding hydrogens is 418 g/mol. The van der Waals surface area contributed by atoms with Crippen LogP contribution < -0.4 is 0 Å². The average Bonchev–Trinajstić information content (AvgIpc) is 2.46. The Balaban J connectivity index is 2.57. The van der Waals surface area contributed by atoms with Gasteiger partial charge < -0.3 is 4.90 Å². The van der Waals surface area contributed by atoms with Gasteiger partial charge in [-0.2, -0.15) is 0 Å². The number of nitrogens with zero attached hydrogens (tertiary/aromatic N) is 1. The fraction of sp³-hybridized carbons (Fsp3) is 0.316. The third kappa shape index (κ3) is 4.24. The molecule has 0 saturated carbocycles. The Bertz CT molecular complexity index is 702. The Morgan fingerprint density at radius 1 is 0.913 bits per heavy atom. The second-order valence-electron chi connectivity index (χ2n) is 6.10. The summed E-state index contributed by atoms with van der Waals surface area (Å²) in [5.41, 5.74) is 2.70. The summed E-state index contributed by atoms with van der Waals surface area (Å²) in [5.74, 6) is 0.0614. The van der Waals surface area contributed by atoms with Crippen LogP contribution in [0.1, 0.15) is 38.1 Å². The molecule has 0 fully saturated rings. The van der Waals surface area contributed by atoms with Crippen LogP contribution in [0.5, 0.6) is 0 Å². The van der Waals surface area contributed by atoms with Crippen LogP contribution in [0, 0.1) is 0 Å². The van der Waals surface area contributed by atoms with Gasteiger partial charge in [0.1, 0.15) is 0 Å². The van der Waals surface area contributed by atoms with Crippen molar-refractivity contribution in [1.29, 1.82) is 0 Å². The molecule has 0 aliphatic heterocycles. The number of amides is 1. The third-order valence-corrected chi connectivity index (χ3v) is 4.68. The van der Waals surface area contributed by atoms with E-state index >= 15 is 0 Å². The molecular formula is C19H21Br2NO. The number of benzene rings is 2. The van der Waals surface area contributed by atoms with E-state index in [1.54, 1.807) is 0 Å². The van der Waals surface area contributed by atoms with Crippen molar-refractivity contribution in [1.82, 2.24) is 4.90 Å². The lowest BCUT2D eigenvalue weighted by Crippen LogP contribution is -2.42. The number of hydrogen-bond acceptors (Lipinski definition) is 1. The van der Waals surface area contributed by atoms with Crippen molar-refractivity contribution >= 4 is 37.8 Å². The zero-order valence-electron chi connectivity index (χ0n) is 13.8. The first-order valence-electron chi connectivity index (χ1n) is 7.69. The number of halogens is 2. The van der Waals surface area contributed by atoms with E-state index in [9.17, 15) is 4.79 Å². The first kappa shape index (κ1) is 18.2. The van der Waals surface area contributed by atoms with E-state index in [-0.39, 0.29) is 18.0 Å². The summed E-state index contributed by atoms with van der Waals surface area (Å²) >= 11 is 7.00. The van der Waals surface area contributed by atoms with Crippen molar-refractivity contribution in [2.45, 2.75) is 39.8 Å². The van der Waals surface area contributed by atoms with Gasteiger partial charge in [-0.1, -0.05) is 50.1 Å². The highest BCUT2D eigenvalue weighted by atomic mass is 79.9. The molecule has 2 nitrogen and oxygen atoms in total. The van der Waals surface area contributed by atoms with E-state index in [1.165, 1.54) is 0 Å². The largest absolute Gasteiger partial charge is 0.334 e. The molecule has 4 heteroatoms. The van der Waals surface area contributed by atoms with Gasteiger partial charge in [0.25, 0.3) is 5.91 Å². The Kier molecular flexibility index (Phi) is 6.04.